The summed E-state index contributed by atoms with van der Waals surface area (Å²) < 4.78 is 18.8. The van der Waals surface area contributed by atoms with Gasteiger partial charge in [0.1, 0.15) is 0 Å². The molecule has 1 unspecified atom stereocenters. The molecule has 4 nitrogen and oxygen atoms in total. The van der Waals surface area contributed by atoms with E-state index in [9.17, 15) is 0 Å². The predicted octanol–water partition coefficient (Wildman–Crippen LogP) is 4.29. The molecule has 0 radical (unpaired) electrons. The number of benzene rings is 2. The van der Waals surface area contributed by atoms with Crippen LogP contribution < -0.4 is 9.47 Å². The van der Waals surface area contributed by atoms with Gasteiger partial charge in [-0.3, -0.25) is 0 Å². The molecule has 0 N–H and O–H groups in total. The van der Waals surface area contributed by atoms with Crippen molar-refractivity contribution in [1.82, 2.24) is 4.57 Å². The van der Waals surface area contributed by atoms with Gasteiger partial charge >= 0.3 is 0 Å². The highest BCUT2D eigenvalue weighted by Crippen LogP contribution is 2.34. The molecule has 0 saturated carbocycles. The van der Waals surface area contributed by atoms with E-state index in [0.29, 0.717) is 6.10 Å². The second kappa shape index (κ2) is 7.28. The standard InChI is InChI=1S/C23H27NO3/c1-24-20-8-5-15(11-16-6-10-22(26-3)23(13-16)27-4)12-18(20)19-14-17(25-2)7-9-21(19)24/h5-6,8,10,12-13,17H,7,9,11,14H2,1-4H3. The summed E-state index contributed by atoms with van der Waals surface area (Å²) in [6.45, 7) is 0. The molecule has 1 aliphatic rings. The number of ether oxygens (including phenoxy) is 3. The van der Waals surface area contributed by atoms with Crippen molar-refractivity contribution in [2.45, 2.75) is 31.8 Å². The number of rotatable bonds is 5. The number of aryl methyl sites for hydroxylation is 1. The molecule has 2 aromatic carbocycles. The van der Waals surface area contributed by atoms with Crippen molar-refractivity contribution < 1.29 is 14.2 Å². The van der Waals surface area contributed by atoms with Gasteiger partial charge in [0.15, 0.2) is 11.5 Å². The summed E-state index contributed by atoms with van der Waals surface area (Å²) in [4.78, 5) is 0. The van der Waals surface area contributed by atoms with E-state index >= 15 is 0 Å². The van der Waals surface area contributed by atoms with Crippen molar-refractivity contribution >= 4 is 10.9 Å². The number of nitrogens with zero attached hydrogens (tertiary/aromatic N) is 1. The number of methoxy groups -OCH3 is 3. The third-order valence-corrected chi connectivity index (χ3v) is 5.83. The van der Waals surface area contributed by atoms with Gasteiger partial charge in [-0.2, -0.15) is 0 Å². The predicted molar refractivity (Wildman–Crippen MR) is 108 cm³/mol. The summed E-state index contributed by atoms with van der Waals surface area (Å²) >= 11 is 0. The summed E-state index contributed by atoms with van der Waals surface area (Å²) in [6.07, 6.45) is 4.39. The first-order chi connectivity index (χ1) is 13.1. The van der Waals surface area contributed by atoms with Crippen LogP contribution in [0.4, 0.5) is 0 Å². The van der Waals surface area contributed by atoms with Crippen LogP contribution in [0, 0.1) is 0 Å². The molecule has 1 aliphatic carbocycles. The van der Waals surface area contributed by atoms with Gasteiger partial charge < -0.3 is 18.8 Å². The summed E-state index contributed by atoms with van der Waals surface area (Å²) in [5, 5.41) is 1.37. The first-order valence-electron chi connectivity index (χ1n) is 9.47. The monoisotopic (exact) mass is 365 g/mol. The maximum absolute atomic E-state index is 5.64. The average molecular weight is 365 g/mol. The van der Waals surface area contributed by atoms with E-state index in [2.05, 4.69) is 41.9 Å². The Labute approximate surface area is 160 Å². The smallest absolute Gasteiger partial charge is 0.160 e. The zero-order chi connectivity index (χ0) is 19.0. The summed E-state index contributed by atoms with van der Waals surface area (Å²) in [7, 11) is 7.35. The molecular formula is C23H27NO3. The van der Waals surface area contributed by atoms with E-state index in [1.54, 1.807) is 14.2 Å². The van der Waals surface area contributed by atoms with Crippen LogP contribution in [-0.4, -0.2) is 32.0 Å². The Morgan fingerprint density at radius 3 is 2.44 bits per heavy atom. The van der Waals surface area contributed by atoms with E-state index in [4.69, 9.17) is 14.2 Å². The molecule has 0 bridgehead atoms. The Balaban J connectivity index is 1.70. The highest BCUT2D eigenvalue weighted by Gasteiger charge is 2.24. The summed E-state index contributed by atoms with van der Waals surface area (Å²) in [5.41, 5.74) is 6.75. The van der Waals surface area contributed by atoms with Crippen molar-refractivity contribution in [2.24, 2.45) is 7.05 Å². The second-order valence-corrected chi connectivity index (χ2v) is 7.30. The van der Waals surface area contributed by atoms with Crippen molar-refractivity contribution in [3.63, 3.8) is 0 Å². The van der Waals surface area contributed by atoms with Crippen molar-refractivity contribution in [3.05, 3.63) is 58.8 Å². The molecule has 0 fully saturated rings. The second-order valence-electron chi connectivity index (χ2n) is 7.30. The number of hydrogen-bond donors (Lipinski definition) is 0. The maximum Gasteiger partial charge on any atom is 0.160 e. The Hall–Kier alpha value is -2.46. The lowest BCUT2D eigenvalue weighted by Crippen LogP contribution is -2.21. The van der Waals surface area contributed by atoms with Crippen LogP contribution in [-0.2, 0) is 31.0 Å². The van der Waals surface area contributed by atoms with Crippen LogP contribution in [0.1, 0.15) is 28.8 Å². The normalized spacial score (nSPS) is 16.4. The number of hydrogen-bond acceptors (Lipinski definition) is 3. The van der Waals surface area contributed by atoms with E-state index in [0.717, 1.165) is 37.2 Å². The first kappa shape index (κ1) is 17.9. The van der Waals surface area contributed by atoms with E-state index < -0.39 is 0 Å². The highest BCUT2D eigenvalue weighted by atomic mass is 16.5. The molecule has 3 aromatic rings. The molecule has 1 aromatic heterocycles. The summed E-state index contributed by atoms with van der Waals surface area (Å²) in [6, 6.07) is 13.0. The summed E-state index contributed by atoms with van der Waals surface area (Å²) in [5.74, 6) is 1.54. The van der Waals surface area contributed by atoms with Crippen LogP contribution in [0.5, 0.6) is 11.5 Å². The van der Waals surface area contributed by atoms with Gasteiger partial charge in [0.2, 0.25) is 0 Å². The van der Waals surface area contributed by atoms with E-state index in [-0.39, 0.29) is 0 Å². The molecule has 4 rings (SSSR count). The van der Waals surface area contributed by atoms with Crippen LogP contribution in [0.15, 0.2) is 36.4 Å². The van der Waals surface area contributed by atoms with E-state index in [1.807, 2.05) is 13.2 Å². The topological polar surface area (TPSA) is 32.6 Å². The molecule has 1 heterocycles. The van der Waals surface area contributed by atoms with E-state index in [1.165, 1.54) is 33.3 Å². The van der Waals surface area contributed by atoms with Gasteiger partial charge in [-0.1, -0.05) is 12.1 Å². The van der Waals surface area contributed by atoms with Gasteiger partial charge in [-0.05, 0) is 60.2 Å². The molecule has 27 heavy (non-hydrogen) atoms. The zero-order valence-corrected chi connectivity index (χ0v) is 16.5. The fourth-order valence-electron chi connectivity index (χ4n) is 4.33. The lowest BCUT2D eigenvalue weighted by atomic mass is 9.92. The number of aromatic nitrogens is 1. The van der Waals surface area contributed by atoms with Crippen molar-refractivity contribution in [1.29, 1.82) is 0 Å². The lowest BCUT2D eigenvalue weighted by molar-refractivity contribution is 0.0908. The molecular weight excluding hydrogens is 338 g/mol. The fourth-order valence-corrected chi connectivity index (χ4v) is 4.33. The minimum atomic E-state index is 0.331. The van der Waals surface area contributed by atoms with Crippen LogP contribution >= 0.6 is 0 Å². The van der Waals surface area contributed by atoms with Gasteiger partial charge in [0.25, 0.3) is 0 Å². The van der Waals surface area contributed by atoms with Crippen LogP contribution in [0.25, 0.3) is 10.9 Å². The van der Waals surface area contributed by atoms with Crippen LogP contribution in [0.2, 0.25) is 0 Å². The minimum Gasteiger partial charge on any atom is -0.493 e. The molecule has 4 heteroatoms. The van der Waals surface area contributed by atoms with Crippen LogP contribution in [0.3, 0.4) is 0 Å². The Bertz CT molecular complexity index is 973. The molecule has 0 aliphatic heterocycles. The van der Waals surface area contributed by atoms with Crippen molar-refractivity contribution in [2.75, 3.05) is 21.3 Å². The van der Waals surface area contributed by atoms with Gasteiger partial charge in [-0.25, -0.2) is 0 Å². The average Bonchev–Trinajstić information content (AvgIpc) is 2.99. The highest BCUT2D eigenvalue weighted by molar-refractivity contribution is 5.86. The lowest BCUT2D eigenvalue weighted by Gasteiger charge is -2.22. The van der Waals surface area contributed by atoms with Gasteiger partial charge in [0.05, 0.1) is 20.3 Å². The number of fused-ring (bicyclic) bond motifs is 3. The fraction of sp³-hybridized carbons (Fsp3) is 0.391. The molecule has 0 saturated heterocycles. The third kappa shape index (κ3) is 3.19. The maximum atomic E-state index is 5.64. The van der Waals surface area contributed by atoms with Gasteiger partial charge in [0, 0.05) is 37.2 Å². The first-order valence-corrected chi connectivity index (χ1v) is 9.47. The largest absolute Gasteiger partial charge is 0.493 e. The SMILES string of the molecule is COc1ccc(Cc2ccc3c(c2)c2c(n3C)CCC(OC)C2)cc1OC. The zero-order valence-electron chi connectivity index (χ0n) is 16.5. The molecule has 142 valence electrons. The molecule has 0 amide bonds. The minimum absolute atomic E-state index is 0.331. The molecule has 1 atom stereocenters. The van der Waals surface area contributed by atoms with Crippen molar-refractivity contribution in [3.8, 4) is 11.5 Å². The van der Waals surface area contributed by atoms with Gasteiger partial charge in [-0.15, -0.1) is 0 Å². The quantitative estimate of drug-likeness (QED) is 0.676. The Kier molecular flexibility index (Phi) is 4.83. The molecule has 0 spiro atoms. The Morgan fingerprint density at radius 1 is 0.963 bits per heavy atom. The Morgan fingerprint density at radius 2 is 1.70 bits per heavy atom. The third-order valence-electron chi connectivity index (χ3n) is 5.83.